The summed E-state index contributed by atoms with van der Waals surface area (Å²) in [6.45, 7) is 2.36. The predicted molar refractivity (Wildman–Crippen MR) is 69.2 cm³/mol. The predicted octanol–water partition coefficient (Wildman–Crippen LogP) is 2.48. The first-order valence-corrected chi connectivity index (χ1v) is 6.10. The van der Waals surface area contributed by atoms with Crippen LogP contribution in [0.3, 0.4) is 0 Å². The van der Waals surface area contributed by atoms with Gasteiger partial charge in [-0.2, -0.15) is 0 Å². The van der Waals surface area contributed by atoms with Gasteiger partial charge in [0, 0.05) is 11.1 Å². The molecule has 2 rings (SSSR count). The van der Waals surface area contributed by atoms with Crippen LogP contribution in [-0.2, 0) is 6.54 Å². The average Bonchev–Trinajstić information content (AvgIpc) is 2.76. The first kappa shape index (κ1) is 12.5. The molecule has 0 spiro atoms. The maximum atomic E-state index is 12.7. The van der Waals surface area contributed by atoms with Gasteiger partial charge in [-0.3, -0.25) is 0 Å². The summed E-state index contributed by atoms with van der Waals surface area (Å²) in [5.41, 5.74) is 5.61. The van der Waals surface area contributed by atoms with Crippen molar-refractivity contribution in [3.8, 4) is 5.75 Å². The Morgan fingerprint density at radius 1 is 1.44 bits per heavy atom. The van der Waals surface area contributed by atoms with Crippen LogP contribution in [0, 0.1) is 12.7 Å². The quantitative estimate of drug-likeness (QED) is 0.685. The molecule has 18 heavy (non-hydrogen) atoms. The van der Waals surface area contributed by atoms with E-state index in [0.29, 0.717) is 12.3 Å². The van der Waals surface area contributed by atoms with Crippen LogP contribution < -0.4 is 10.5 Å². The number of halogens is 1. The molecule has 2 N–H and O–H groups in total. The molecule has 6 heteroatoms. The van der Waals surface area contributed by atoms with Gasteiger partial charge in [-0.1, -0.05) is 0 Å². The van der Waals surface area contributed by atoms with Crippen LogP contribution in [0.1, 0.15) is 9.88 Å². The molecule has 0 aliphatic heterocycles. The SMILES string of the molecule is Cc1cnc(CN=C(N)Oc2ccc(F)cc2)s1. The molecule has 0 atom stereocenters. The van der Waals surface area contributed by atoms with Crippen LogP contribution >= 0.6 is 11.3 Å². The van der Waals surface area contributed by atoms with Crippen molar-refractivity contribution in [3.63, 3.8) is 0 Å². The maximum absolute atomic E-state index is 12.7. The largest absolute Gasteiger partial charge is 0.426 e. The van der Waals surface area contributed by atoms with Crippen molar-refractivity contribution in [2.45, 2.75) is 13.5 Å². The van der Waals surface area contributed by atoms with Crippen LogP contribution in [0.4, 0.5) is 4.39 Å². The van der Waals surface area contributed by atoms with Crippen molar-refractivity contribution in [2.75, 3.05) is 0 Å². The number of benzene rings is 1. The Morgan fingerprint density at radius 3 is 2.78 bits per heavy atom. The Hall–Kier alpha value is -1.95. The fourth-order valence-electron chi connectivity index (χ4n) is 1.28. The molecule has 94 valence electrons. The van der Waals surface area contributed by atoms with E-state index in [0.717, 1.165) is 9.88 Å². The molecular formula is C12H12FN3OS. The second kappa shape index (κ2) is 5.59. The topological polar surface area (TPSA) is 60.5 Å². The zero-order valence-corrected chi connectivity index (χ0v) is 10.6. The summed E-state index contributed by atoms with van der Waals surface area (Å²) >= 11 is 1.56. The highest BCUT2D eigenvalue weighted by atomic mass is 32.1. The lowest BCUT2D eigenvalue weighted by molar-refractivity contribution is 0.534. The number of rotatable bonds is 3. The molecule has 0 radical (unpaired) electrons. The van der Waals surface area contributed by atoms with Crippen LogP contribution in [0.5, 0.6) is 5.75 Å². The zero-order chi connectivity index (χ0) is 13.0. The van der Waals surface area contributed by atoms with Crippen LogP contribution in [-0.4, -0.2) is 11.0 Å². The zero-order valence-electron chi connectivity index (χ0n) is 9.76. The van der Waals surface area contributed by atoms with E-state index in [1.54, 1.807) is 17.5 Å². The van der Waals surface area contributed by atoms with Crippen molar-refractivity contribution in [1.29, 1.82) is 0 Å². The highest BCUT2D eigenvalue weighted by molar-refractivity contribution is 7.11. The molecule has 0 saturated carbocycles. The Bertz CT molecular complexity index is 551. The Balaban J connectivity index is 1.95. The van der Waals surface area contributed by atoms with Crippen molar-refractivity contribution in [1.82, 2.24) is 4.98 Å². The Morgan fingerprint density at radius 2 is 2.17 bits per heavy atom. The number of aryl methyl sites for hydroxylation is 1. The van der Waals surface area contributed by atoms with E-state index in [9.17, 15) is 4.39 Å². The minimum atomic E-state index is -0.323. The third kappa shape index (κ3) is 3.53. The molecule has 0 amide bonds. The molecule has 1 heterocycles. The molecule has 0 fully saturated rings. The van der Waals surface area contributed by atoms with Gasteiger partial charge in [0.15, 0.2) is 0 Å². The summed E-state index contributed by atoms with van der Waals surface area (Å²) in [6.07, 6.45) is 1.78. The van der Waals surface area contributed by atoms with Gasteiger partial charge in [0.1, 0.15) is 16.6 Å². The molecule has 2 aromatic rings. The molecule has 0 unspecified atom stereocenters. The van der Waals surface area contributed by atoms with Crippen molar-refractivity contribution < 1.29 is 9.13 Å². The molecule has 1 aromatic heterocycles. The van der Waals surface area contributed by atoms with E-state index >= 15 is 0 Å². The monoisotopic (exact) mass is 265 g/mol. The summed E-state index contributed by atoms with van der Waals surface area (Å²) in [6, 6.07) is 5.62. The molecule has 0 aliphatic rings. The number of nitrogens with zero attached hydrogens (tertiary/aromatic N) is 2. The van der Waals surface area contributed by atoms with Gasteiger partial charge in [-0.25, -0.2) is 14.4 Å². The van der Waals surface area contributed by atoms with Crippen molar-refractivity contribution in [2.24, 2.45) is 10.7 Å². The van der Waals surface area contributed by atoms with Crippen LogP contribution in [0.2, 0.25) is 0 Å². The second-order valence-corrected chi connectivity index (χ2v) is 4.89. The van der Waals surface area contributed by atoms with E-state index in [1.165, 1.54) is 24.3 Å². The lowest BCUT2D eigenvalue weighted by atomic mass is 10.3. The van der Waals surface area contributed by atoms with Crippen molar-refractivity contribution >= 4 is 17.4 Å². The summed E-state index contributed by atoms with van der Waals surface area (Å²) < 4.78 is 17.9. The van der Waals surface area contributed by atoms with E-state index in [1.807, 2.05) is 6.92 Å². The van der Waals surface area contributed by atoms with Crippen molar-refractivity contribution in [3.05, 3.63) is 46.2 Å². The van der Waals surface area contributed by atoms with E-state index in [2.05, 4.69) is 9.98 Å². The molecule has 0 aliphatic carbocycles. The minimum Gasteiger partial charge on any atom is -0.426 e. The van der Waals surface area contributed by atoms with E-state index in [-0.39, 0.29) is 11.8 Å². The van der Waals surface area contributed by atoms with Crippen LogP contribution in [0.25, 0.3) is 0 Å². The first-order valence-electron chi connectivity index (χ1n) is 5.28. The fourth-order valence-corrected chi connectivity index (χ4v) is 1.99. The van der Waals surface area contributed by atoms with Gasteiger partial charge < -0.3 is 10.5 Å². The minimum absolute atomic E-state index is 0.0365. The first-order chi connectivity index (χ1) is 8.63. The summed E-state index contributed by atoms with van der Waals surface area (Å²) in [5.74, 6) is 0.129. The van der Waals surface area contributed by atoms with Gasteiger partial charge in [0.25, 0.3) is 6.02 Å². The number of aliphatic imine (C=N–C) groups is 1. The third-order valence-corrected chi connectivity index (χ3v) is 2.97. The average molecular weight is 265 g/mol. The number of hydrogen-bond donors (Lipinski definition) is 1. The molecule has 1 aromatic carbocycles. The molecule has 0 saturated heterocycles. The van der Waals surface area contributed by atoms with E-state index in [4.69, 9.17) is 10.5 Å². The van der Waals surface area contributed by atoms with Gasteiger partial charge in [-0.15, -0.1) is 11.3 Å². The van der Waals surface area contributed by atoms with Crippen LogP contribution in [0.15, 0.2) is 35.5 Å². The van der Waals surface area contributed by atoms with E-state index < -0.39 is 0 Å². The molecular weight excluding hydrogens is 253 g/mol. The lowest BCUT2D eigenvalue weighted by Crippen LogP contribution is -2.19. The number of ether oxygens (including phenoxy) is 1. The van der Waals surface area contributed by atoms with Gasteiger partial charge in [0.2, 0.25) is 0 Å². The number of thiazole rings is 1. The van der Waals surface area contributed by atoms with Gasteiger partial charge >= 0.3 is 0 Å². The summed E-state index contributed by atoms with van der Waals surface area (Å²) in [7, 11) is 0. The number of amidine groups is 1. The lowest BCUT2D eigenvalue weighted by Gasteiger charge is -2.03. The smallest absolute Gasteiger partial charge is 0.287 e. The normalized spacial score (nSPS) is 11.6. The number of nitrogens with two attached hydrogens (primary N) is 1. The van der Waals surface area contributed by atoms with Gasteiger partial charge in [-0.05, 0) is 31.2 Å². The standard InChI is InChI=1S/C12H12FN3OS/c1-8-6-15-11(18-8)7-16-12(14)17-10-4-2-9(13)3-5-10/h2-6H,7H2,1H3,(H2,14,16). The fraction of sp³-hybridized carbons (Fsp3) is 0.167. The number of aromatic nitrogens is 1. The summed E-state index contributed by atoms with van der Waals surface area (Å²) in [5, 5.41) is 0.873. The number of hydrogen-bond acceptors (Lipinski definition) is 4. The molecule has 0 bridgehead atoms. The Labute approximate surface area is 108 Å². The highest BCUT2D eigenvalue weighted by Gasteiger charge is 2.00. The second-order valence-electron chi connectivity index (χ2n) is 3.58. The Kier molecular flexibility index (Phi) is 3.88. The third-order valence-electron chi connectivity index (χ3n) is 2.08. The highest BCUT2D eigenvalue weighted by Crippen LogP contribution is 2.13. The van der Waals surface area contributed by atoms with Gasteiger partial charge in [0.05, 0.1) is 6.54 Å². The summed E-state index contributed by atoms with van der Waals surface area (Å²) in [4.78, 5) is 9.33. The maximum Gasteiger partial charge on any atom is 0.287 e. The molecule has 4 nitrogen and oxygen atoms in total.